The molecule has 0 saturated carbocycles. The Morgan fingerprint density at radius 3 is 3.00 bits per heavy atom. The number of unbranched alkanes of at least 4 members (excludes halogenated alkanes) is 1. The fraction of sp³-hybridized carbons (Fsp3) is 0.889. The summed E-state index contributed by atoms with van der Waals surface area (Å²) in [5, 5.41) is 6.15. The van der Waals surface area contributed by atoms with Crippen molar-refractivity contribution >= 4 is 17.3 Å². The van der Waals surface area contributed by atoms with E-state index in [0.29, 0.717) is 0 Å². The van der Waals surface area contributed by atoms with Crippen LogP contribution in [0, 0.1) is 0 Å². The minimum atomic E-state index is 0.855. The smallest absolute Gasteiger partial charge is 0.183 e. The van der Waals surface area contributed by atoms with Crippen LogP contribution in [0.4, 0.5) is 0 Å². The van der Waals surface area contributed by atoms with Crippen LogP contribution in [0.1, 0.15) is 32.6 Å². The van der Waals surface area contributed by atoms with Crippen molar-refractivity contribution in [2.24, 2.45) is 0 Å². The molecule has 0 aliphatic carbocycles. The highest BCUT2D eigenvalue weighted by Crippen LogP contribution is 1.99. The first-order chi connectivity index (χ1) is 6.34. The summed E-state index contributed by atoms with van der Waals surface area (Å²) in [6.07, 6.45) is 4.90. The topological polar surface area (TPSA) is 27.3 Å². The van der Waals surface area contributed by atoms with Gasteiger partial charge in [-0.1, -0.05) is 13.3 Å². The van der Waals surface area contributed by atoms with Gasteiger partial charge in [-0.3, -0.25) is 5.01 Å². The minimum absolute atomic E-state index is 0.855. The lowest BCUT2D eigenvalue weighted by molar-refractivity contribution is 0.254. The number of thiocarbonyl (C=S) groups is 1. The highest BCUT2D eigenvalue weighted by molar-refractivity contribution is 7.80. The van der Waals surface area contributed by atoms with Crippen LogP contribution in [0.3, 0.4) is 0 Å². The van der Waals surface area contributed by atoms with Gasteiger partial charge >= 0.3 is 0 Å². The molecule has 0 spiro atoms. The molecule has 0 unspecified atom stereocenters. The Hall–Kier alpha value is -0.350. The Bertz CT molecular complexity index is 155. The van der Waals surface area contributed by atoms with Gasteiger partial charge in [-0.05, 0) is 31.5 Å². The van der Waals surface area contributed by atoms with E-state index in [0.717, 1.165) is 24.7 Å². The molecule has 3 nitrogen and oxygen atoms in total. The molecule has 0 aromatic rings. The van der Waals surface area contributed by atoms with E-state index in [9.17, 15) is 0 Å². The molecule has 2 N–H and O–H groups in total. The van der Waals surface area contributed by atoms with Crippen molar-refractivity contribution in [2.75, 3.05) is 19.6 Å². The van der Waals surface area contributed by atoms with Gasteiger partial charge in [0.1, 0.15) is 0 Å². The molecule has 1 saturated heterocycles. The maximum Gasteiger partial charge on any atom is 0.183 e. The first kappa shape index (κ1) is 10.7. The molecular weight excluding hydrogens is 182 g/mol. The second-order valence-electron chi connectivity index (χ2n) is 3.35. The lowest BCUT2D eigenvalue weighted by Crippen LogP contribution is -2.51. The maximum atomic E-state index is 5.24. The van der Waals surface area contributed by atoms with Crippen LogP contribution in [0.25, 0.3) is 0 Å². The minimum Gasteiger partial charge on any atom is -0.361 e. The van der Waals surface area contributed by atoms with E-state index in [1.807, 2.05) is 0 Å². The van der Waals surface area contributed by atoms with Gasteiger partial charge in [0.15, 0.2) is 5.11 Å². The van der Waals surface area contributed by atoms with Gasteiger partial charge in [-0.2, -0.15) is 0 Å². The van der Waals surface area contributed by atoms with Gasteiger partial charge < -0.3 is 5.32 Å². The Morgan fingerprint density at radius 1 is 1.54 bits per heavy atom. The van der Waals surface area contributed by atoms with Gasteiger partial charge in [0.05, 0.1) is 0 Å². The van der Waals surface area contributed by atoms with E-state index >= 15 is 0 Å². The molecule has 0 atom stereocenters. The Kier molecular flexibility index (Phi) is 5.08. The summed E-state index contributed by atoms with van der Waals surface area (Å²) < 4.78 is 0. The molecule has 0 aromatic carbocycles. The summed E-state index contributed by atoms with van der Waals surface area (Å²) in [7, 11) is 0. The maximum absolute atomic E-state index is 5.24. The SMILES string of the molecule is CCCCNC(=S)N1CCCCN1. The fourth-order valence-corrected chi connectivity index (χ4v) is 1.59. The molecule has 1 fully saturated rings. The third kappa shape index (κ3) is 3.91. The zero-order valence-electron chi connectivity index (χ0n) is 8.31. The highest BCUT2D eigenvalue weighted by Gasteiger charge is 2.11. The van der Waals surface area contributed by atoms with Gasteiger partial charge in [0.25, 0.3) is 0 Å². The van der Waals surface area contributed by atoms with Gasteiger partial charge in [-0.15, -0.1) is 0 Å². The molecule has 0 aromatic heterocycles. The summed E-state index contributed by atoms with van der Waals surface area (Å²) in [5.41, 5.74) is 3.28. The van der Waals surface area contributed by atoms with E-state index in [-0.39, 0.29) is 0 Å². The van der Waals surface area contributed by atoms with E-state index in [1.165, 1.54) is 25.7 Å². The summed E-state index contributed by atoms with van der Waals surface area (Å²) >= 11 is 5.24. The van der Waals surface area contributed by atoms with Crippen LogP contribution >= 0.6 is 12.2 Å². The van der Waals surface area contributed by atoms with Crippen molar-refractivity contribution in [1.29, 1.82) is 0 Å². The molecule has 0 radical (unpaired) electrons. The normalized spacial score (nSPS) is 17.2. The number of nitrogens with zero attached hydrogens (tertiary/aromatic N) is 1. The third-order valence-electron chi connectivity index (χ3n) is 2.16. The molecule has 0 amide bonds. The van der Waals surface area contributed by atoms with Crippen LogP contribution in [0.2, 0.25) is 0 Å². The Labute approximate surface area is 85.8 Å². The molecule has 4 heteroatoms. The summed E-state index contributed by atoms with van der Waals surface area (Å²) in [6.45, 7) is 5.27. The zero-order valence-corrected chi connectivity index (χ0v) is 9.12. The van der Waals surface area contributed by atoms with Crippen LogP contribution in [0.15, 0.2) is 0 Å². The van der Waals surface area contributed by atoms with E-state index in [2.05, 4.69) is 22.7 Å². The second-order valence-corrected chi connectivity index (χ2v) is 3.74. The lowest BCUT2D eigenvalue weighted by atomic mass is 10.3. The predicted molar refractivity (Wildman–Crippen MR) is 59.5 cm³/mol. The summed E-state index contributed by atoms with van der Waals surface area (Å²) in [5.74, 6) is 0. The second kappa shape index (κ2) is 6.16. The lowest BCUT2D eigenvalue weighted by Gasteiger charge is -2.30. The number of rotatable bonds is 3. The molecule has 13 heavy (non-hydrogen) atoms. The van der Waals surface area contributed by atoms with Gasteiger partial charge in [0.2, 0.25) is 0 Å². The van der Waals surface area contributed by atoms with Crippen molar-refractivity contribution in [3.8, 4) is 0 Å². The van der Waals surface area contributed by atoms with Crippen LogP contribution in [-0.2, 0) is 0 Å². The molecular formula is C9H19N3S. The van der Waals surface area contributed by atoms with Crippen molar-refractivity contribution in [3.05, 3.63) is 0 Å². The quantitative estimate of drug-likeness (QED) is 0.531. The van der Waals surface area contributed by atoms with Crippen LogP contribution in [-0.4, -0.2) is 29.8 Å². The molecule has 0 bridgehead atoms. The molecule has 1 aliphatic heterocycles. The number of nitrogens with one attached hydrogen (secondary N) is 2. The summed E-state index contributed by atoms with van der Waals surface area (Å²) in [6, 6.07) is 0. The Morgan fingerprint density at radius 2 is 2.38 bits per heavy atom. The van der Waals surface area contributed by atoms with E-state index in [4.69, 9.17) is 12.2 Å². The Balaban J connectivity index is 2.13. The average molecular weight is 201 g/mol. The van der Waals surface area contributed by atoms with Gasteiger partial charge in [0, 0.05) is 19.6 Å². The zero-order chi connectivity index (χ0) is 9.52. The average Bonchev–Trinajstić information content (AvgIpc) is 2.19. The fourth-order valence-electron chi connectivity index (χ4n) is 1.33. The highest BCUT2D eigenvalue weighted by atomic mass is 32.1. The number of hydrazine groups is 1. The number of hydrogen-bond donors (Lipinski definition) is 2. The van der Waals surface area contributed by atoms with Crippen molar-refractivity contribution < 1.29 is 0 Å². The van der Waals surface area contributed by atoms with Crippen molar-refractivity contribution in [1.82, 2.24) is 15.8 Å². The molecule has 1 heterocycles. The monoisotopic (exact) mass is 201 g/mol. The van der Waals surface area contributed by atoms with Crippen LogP contribution in [0.5, 0.6) is 0 Å². The standard InChI is InChI=1S/C9H19N3S/c1-2-3-6-10-9(13)12-8-5-4-7-11-12/h11H,2-8H2,1H3,(H,10,13). The van der Waals surface area contributed by atoms with Crippen molar-refractivity contribution in [2.45, 2.75) is 32.6 Å². The molecule has 1 aliphatic rings. The van der Waals surface area contributed by atoms with E-state index < -0.39 is 0 Å². The van der Waals surface area contributed by atoms with Gasteiger partial charge in [-0.25, -0.2) is 5.43 Å². The van der Waals surface area contributed by atoms with E-state index in [1.54, 1.807) is 0 Å². The molecule has 76 valence electrons. The number of hydrogen-bond acceptors (Lipinski definition) is 2. The predicted octanol–water partition coefficient (Wildman–Crippen LogP) is 1.26. The van der Waals surface area contributed by atoms with Crippen LogP contribution < -0.4 is 10.7 Å². The first-order valence-electron chi connectivity index (χ1n) is 5.13. The largest absolute Gasteiger partial charge is 0.361 e. The third-order valence-corrected chi connectivity index (χ3v) is 2.53. The molecule has 1 rings (SSSR count). The van der Waals surface area contributed by atoms with Crippen molar-refractivity contribution in [3.63, 3.8) is 0 Å². The first-order valence-corrected chi connectivity index (χ1v) is 5.54. The summed E-state index contributed by atoms with van der Waals surface area (Å²) in [4.78, 5) is 0.